The van der Waals surface area contributed by atoms with Gasteiger partial charge in [-0.2, -0.15) is 0 Å². The van der Waals surface area contributed by atoms with Crippen molar-refractivity contribution in [2.24, 2.45) is 11.8 Å². The van der Waals surface area contributed by atoms with Gasteiger partial charge in [0.1, 0.15) is 0 Å². The van der Waals surface area contributed by atoms with Crippen LogP contribution in [-0.4, -0.2) is 48.2 Å². The zero-order chi connectivity index (χ0) is 14.0. The maximum atomic E-state index is 12.5. The smallest absolute Gasteiger partial charge is 0.307 e. The van der Waals surface area contributed by atoms with Crippen LogP contribution in [0.5, 0.6) is 0 Å². The molecule has 0 bridgehead atoms. The van der Waals surface area contributed by atoms with Gasteiger partial charge >= 0.3 is 5.97 Å². The summed E-state index contributed by atoms with van der Waals surface area (Å²) in [5.74, 6) is -1.89. The van der Waals surface area contributed by atoms with E-state index in [1.165, 1.54) is 0 Å². The molecule has 2 aliphatic rings. The third kappa shape index (κ3) is 2.97. The zero-order valence-corrected chi connectivity index (χ0v) is 11.5. The van der Waals surface area contributed by atoms with Crippen molar-refractivity contribution in [1.29, 1.82) is 0 Å². The molecule has 106 valence electrons. The van der Waals surface area contributed by atoms with Crippen LogP contribution >= 0.6 is 0 Å². The van der Waals surface area contributed by atoms with Gasteiger partial charge in [0.15, 0.2) is 0 Å². The predicted octanol–water partition coefficient (Wildman–Crippen LogP) is 1.29. The van der Waals surface area contributed by atoms with Crippen LogP contribution in [0.3, 0.4) is 0 Å². The van der Waals surface area contributed by atoms with Crippen LogP contribution in [0.25, 0.3) is 0 Å². The van der Waals surface area contributed by atoms with Gasteiger partial charge in [-0.25, -0.2) is 0 Å². The van der Waals surface area contributed by atoms with E-state index in [0.29, 0.717) is 39.1 Å². The Bertz CT molecular complexity index is 410. The summed E-state index contributed by atoms with van der Waals surface area (Å²) in [4.78, 5) is 25.6. The molecule has 0 spiro atoms. The number of nitrogens with zero attached hydrogens (tertiary/aromatic N) is 1. The van der Waals surface area contributed by atoms with Crippen molar-refractivity contribution >= 4 is 11.9 Å². The molecule has 1 saturated heterocycles. The number of allylic oxidation sites excluding steroid dienone is 2. The second-order valence-corrected chi connectivity index (χ2v) is 5.46. The minimum atomic E-state index is -0.863. The third-order valence-corrected chi connectivity index (χ3v) is 4.22. The molecule has 5 heteroatoms. The Hall–Kier alpha value is -1.36. The molecule has 0 aromatic rings. The fourth-order valence-corrected chi connectivity index (χ4v) is 2.83. The summed E-state index contributed by atoms with van der Waals surface area (Å²) >= 11 is 0. The van der Waals surface area contributed by atoms with Crippen LogP contribution in [-0.2, 0) is 14.3 Å². The summed E-state index contributed by atoms with van der Waals surface area (Å²) in [5, 5.41) is 9.34. The largest absolute Gasteiger partial charge is 0.481 e. The highest BCUT2D eigenvalue weighted by molar-refractivity contribution is 5.85. The maximum Gasteiger partial charge on any atom is 0.307 e. The van der Waals surface area contributed by atoms with Gasteiger partial charge in [-0.15, -0.1) is 0 Å². The van der Waals surface area contributed by atoms with Gasteiger partial charge in [-0.1, -0.05) is 11.1 Å². The Morgan fingerprint density at radius 1 is 1.11 bits per heavy atom. The van der Waals surface area contributed by atoms with Crippen molar-refractivity contribution in [1.82, 2.24) is 4.90 Å². The van der Waals surface area contributed by atoms with E-state index >= 15 is 0 Å². The van der Waals surface area contributed by atoms with Crippen molar-refractivity contribution in [3.05, 3.63) is 11.1 Å². The van der Waals surface area contributed by atoms with Crippen molar-refractivity contribution in [3.8, 4) is 0 Å². The molecule has 2 unspecified atom stereocenters. The fraction of sp³-hybridized carbons (Fsp3) is 0.714. The number of morpholine rings is 1. The Morgan fingerprint density at radius 3 is 2.16 bits per heavy atom. The van der Waals surface area contributed by atoms with Crippen molar-refractivity contribution < 1.29 is 19.4 Å². The normalized spacial score (nSPS) is 28.4. The summed E-state index contributed by atoms with van der Waals surface area (Å²) in [6, 6.07) is 0. The fourth-order valence-electron chi connectivity index (χ4n) is 2.83. The number of amides is 1. The van der Waals surface area contributed by atoms with Crippen LogP contribution in [0.1, 0.15) is 26.7 Å². The van der Waals surface area contributed by atoms with Gasteiger partial charge in [0.2, 0.25) is 5.91 Å². The lowest BCUT2D eigenvalue weighted by atomic mass is 9.76. The van der Waals surface area contributed by atoms with E-state index in [-0.39, 0.29) is 5.91 Å². The number of rotatable bonds is 2. The van der Waals surface area contributed by atoms with Crippen LogP contribution in [0.2, 0.25) is 0 Å². The van der Waals surface area contributed by atoms with E-state index in [1.807, 2.05) is 13.8 Å². The highest BCUT2D eigenvalue weighted by Crippen LogP contribution is 2.35. The number of carbonyl (C=O) groups is 2. The molecule has 1 heterocycles. The molecule has 0 aromatic heterocycles. The number of ether oxygens (including phenoxy) is 1. The minimum Gasteiger partial charge on any atom is -0.481 e. The first-order valence-corrected chi connectivity index (χ1v) is 6.75. The third-order valence-electron chi connectivity index (χ3n) is 4.22. The van der Waals surface area contributed by atoms with E-state index in [0.717, 1.165) is 11.1 Å². The first kappa shape index (κ1) is 14.1. The molecule has 1 fully saturated rings. The molecule has 1 aliphatic carbocycles. The molecule has 0 aromatic carbocycles. The standard InChI is InChI=1S/C14H21NO4/c1-9-7-11(12(14(17)18)8-10(9)2)13(16)15-3-5-19-6-4-15/h11-12H,3-8H2,1-2H3,(H,17,18). The minimum absolute atomic E-state index is 0.0254. The van der Waals surface area contributed by atoms with Gasteiger partial charge in [0.25, 0.3) is 0 Å². The second-order valence-electron chi connectivity index (χ2n) is 5.46. The van der Waals surface area contributed by atoms with E-state index in [2.05, 4.69) is 0 Å². The van der Waals surface area contributed by atoms with Crippen LogP contribution < -0.4 is 0 Å². The zero-order valence-electron chi connectivity index (χ0n) is 11.5. The van der Waals surface area contributed by atoms with Crippen molar-refractivity contribution in [2.75, 3.05) is 26.3 Å². The summed E-state index contributed by atoms with van der Waals surface area (Å²) in [6.45, 7) is 6.19. The second kappa shape index (κ2) is 5.74. The van der Waals surface area contributed by atoms with Crippen LogP contribution in [0, 0.1) is 11.8 Å². The molecular weight excluding hydrogens is 246 g/mol. The summed E-state index contributed by atoms with van der Waals surface area (Å²) < 4.78 is 5.23. The molecular formula is C14H21NO4. The lowest BCUT2D eigenvalue weighted by Gasteiger charge is -2.35. The number of hydrogen-bond acceptors (Lipinski definition) is 3. The monoisotopic (exact) mass is 267 g/mol. The number of aliphatic carboxylic acids is 1. The van der Waals surface area contributed by atoms with E-state index in [4.69, 9.17) is 4.74 Å². The highest BCUT2D eigenvalue weighted by Gasteiger charge is 2.39. The van der Waals surface area contributed by atoms with Crippen molar-refractivity contribution in [2.45, 2.75) is 26.7 Å². The number of hydrogen-bond donors (Lipinski definition) is 1. The Balaban J connectivity index is 2.15. The molecule has 19 heavy (non-hydrogen) atoms. The summed E-state index contributed by atoms with van der Waals surface area (Å²) in [5.41, 5.74) is 2.27. The predicted molar refractivity (Wildman–Crippen MR) is 69.6 cm³/mol. The van der Waals surface area contributed by atoms with E-state index < -0.39 is 17.8 Å². The number of carbonyl (C=O) groups excluding carboxylic acids is 1. The SMILES string of the molecule is CC1=C(C)CC(C(=O)N2CCOCC2)C(C(=O)O)C1. The van der Waals surface area contributed by atoms with E-state index in [1.54, 1.807) is 4.90 Å². The van der Waals surface area contributed by atoms with Gasteiger partial charge in [0.05, 0.1) is 25.0 Å². The van der Waals surface area contributed by atoms with Gasteiger partial charge in [-0.05, 0) is 26.7 Å². The van der Waals surface area contributed by atoms with Gasteiger partial charge in [0, 0.05) is 13.1 Å². The molecule has 1 N–H and O–H groups in total. The molecule has 5 nitrogen and oxygen atoms in total. The number of carboxylic acid groups (broad SMARTS) is 1. The van der Waals surface area contributed by atoms with Gasteiger partial charge < -0.3 is 14.7 Å². The first-order valence-electron chi connectivity index (χ1n) is 6.75. The Morgan fingerprint density at radius 2 is 1.63 bits per heavy atom. The average molecular weight is 267 g/mol. The molecule has 2 rings (SSSR count). The summed E-state index contributed by atoms with van der Waals surface area (Å²) in [6.07, 6.45) is 1.06. The van der Waals surface area contributed by atoms with Crippen molar-refractivity contribution in [3.63, 3.8) is 0 Å². The molecule has 0 saturated carbocycles. The molecule has 1 aliphatic heterocycles. The number of carboxylic acids is 1. The molecule has 0 radical (unpaired) electrons. The summed E-state index contributed by atoms with van der Waals surface area (Å²) in [7, 11) is 0. The highest BCUT2D eigenvalue weighted by atomic mass is 16.5. The average Bonchev–Trinajstić information content (AvgIpc) is 2.41. The Labute approximate surface area is 113 Å². The molecule has 1 amide bonds. The first-order chi connectivity index (χ1) is 9.00. The maximum absolute atomic E-state index is 12.5. The van der Waals surface area contributed by atoms with Crippen LogP contribution in [0.4, 0.5) is 0 Å². The lowest BCUT2D eigenvalue weighted by Crippen LogP contribution is -2.47. The molecule has 2 atom stereocenters. The lowest BCUT2D eigenvalue weighted by molar-refractivity contribution is -0.152. The van der Waals surface area contributed by atoms with Gasteiger partial charge in [-0.3, -0.25) is 9.59 Å². The van der Waals surface area contributed by atoms with Crippen LogP contribution in [0.15, 0.2) is 11.1 Å². The van der Waals surface area contributed by atoms with E-state index in [9.17, 15) is 14.7 Å². The topological polar surface area (TPSA) is 66.8 Å². The Kier molecular flexibility index (Phi) is 4.24. The quantitative estimate of drug-likeness (QED) is 0.766.